The number of nitrogens with one attached hydrogen (secondary N) is 2. The van der Waals surface area contributed by atoms with Crippen LogP contribution < -0.4 is 10.6 Å². The van der Waals surface area contributed by atoms with Crippen molar-refractivity contribution in [3.63, 3.8) is 0 Å². The zero-order valence-electron chi connectivity index (χ0n) is 10.2. The van der Waals surface area contributed by atoms with E-state index in [1.165, 1.54) is 6.33 Å². The zero-order valence-corrected chi connectivity index (χ0v) is 10.2. The quantitative estimate of drug-likeness (QED) is 0.625. The highest BCUT2D eigenvalue weighted by Crippen LogP contribution is 2.30. The minimum absolute atomic E-state index is 0.141. The molecule has 0 aliphatic rings. The molecule has 0 radical (unpaired) electrons. The molecule has 0 bridgehead atoms. The summed E-state index contributed by atoms with van der Waals surface area (Å²) in [5.41, 5.74) is 0.486. The summed E-state index contributed by atoms with van der Waals surface area (Å²) in [6.45, 7) is 2.37. The van der Waals surface area contributed by atoms with Gasteiger partial charge in [0.25, 0.3) is 0 Å². The van der Waals surface area contributed by atoms with Gasteiger partial charge in [0.1, 0.15) is 6.33 Å². The normalized spacial score (nSPS) is 9.95. The maximum absolute atomic E-state index is 11.1. The summed E-state index contributed by atoms with van der Waals surface area (Å²) in [6, 6.07) is 3.39. The maximum atomic E-state index is 11.1. The SMILES string of the molecule is CCNc1ncnc(Nc2ccncc2)c1[N+](=O)[O-]. The molecule has 2 rings (SSSR count). The van der Waals surface area contributed by atoms with Crippen LogP contribution in [0, 0.1) is 10.1 Å². The van der Waals surface area contributed by atoms with Crippen molar-refractivity contribution in [2.75, 3.05) is 17.2 Å². The average molecular weight is 260 g/mol. The number of nitrogens with zero attached hydrogens (tertiary/aromatic N) is 4. The van der Waals surface area contributed by atoms with Gasteiger partial charge < -0.3 is 10.6 Å². The standard InChI is InChI=1S/C11H12N6O2/c1-2-13-10-9(17(18)19)11(15-7-14-10)16-8-3-5-12-6-4-8/h3-7H,2H2,1H3,(H2,12,13,14,15,16). The molecule has 2 aromatic rings. The molecule has 0 fully saturated rings. The molecule has 2 aromatic heterocycles. The highest BCUT2D eigenvalue weighted by Gasteiger charge is 2.22. The van der Waals surface area contributed by atoms with Crippen LogP contribution >= 0.6 is 0 Å². The Morgan fingerprint density at radius 3 is 2.58 bits per heavy atom. The van der Waals surface area contributed by atoms with Crippen LogP contribution in [0.1, 0.15) is 6.92 Å². The van der Waals surface area contributed by atoms with Crippen LogP contribution in [0.5, 0.6) is 0 Å². The van der Waals surface area contributed by atoms with Crippen molar-refractivity contribution in [3.05, 3.63) is 41.0 Å². The lowest BCUT2D eigenvalue weighted by atomic mass is 10.3. The molecule has 8 heteroatoms. The lowest BCUT2D eigenvalue weighted by Crippen LogP contribution is -2.07. The summed E-state index contributed by atoms with van der Waals surface area (Å²) >= 11 is 0. The smallest absolute Gasteiger partial charge is 0.353 e. The number of pyridine rings is 1. The van der Waals surface area contributed by atoms with Crippen LogP contribution in [0.25, 0.3) is 0 Å². The monoisotopic (exact) mass is 260 g/mol. The second-order valence-electron chi connectivity index (χ2n) is 3.57. The lowest BCUT2D eigenvalue weighted by Gasteiger charge is -2.08. The molecular weight excluding hydrogens is 248 g/mol. The van der Waals surface area contributed by atoms with Gasteiger partial charge in [0.15, 0.2) is 0 Å². The molecular formula is C11H12N6O2. The van der Waals surface area contributed by atoms with Crippen LogP contribution in [-0.2, 0) is 0 Å². The second kappa shape index (κ2) is 5.71. The van der Waals surface area contributed by atoms with Crippen molar-refractivity contribution < 1.29 is 4.92 Å². The minimum atomic E-state index is -0.512. The number of rotatable bonds is 5. The van der Waals surface area contributed by atoms with Crippen LogP contribution in [0.15, 0.2) is 30.9 Å². The van der Waals surface area contributed by atoms with Gasteiger partial charge in [-0.25, -0.2) is 9.97 Å². The summed E-state index contributed by atoms with van der Waals surface area (Å²) in [4.78, 5) is 22.3. The van der Waals surface area contributed by atoms with Crippen molar-refractivity contribution >= 4 is 23.0 Å². The minimum Gasteiger partial charge on any atom is -0.364 e. The van der Waals surface area contributed by atoms with Gasteiger partial charge in [-0.1, -0.05) is 0 Å². The van der Waals surface area contributed by atoms with E-state index in [4.69, 9.17) is 0 Å². The van der Waals surface area contributed by atoms with Gasteiger partial charge in [-0.15, -0.1) is 0 Å². The van der Waals surface area contributed by atoms with Crippen molar-refractivity contribution in [1.29, 1.82) is 0 Å². The van der Waals surface area contributed by atoms with Gasteiger partial charge in [0.2, 0.25) is 11.6 Å². The molecule has 2 N–H and O–H groups in total. The van der Waals surface area contributed by atoms with Gasteiger partial charge in [-0.05, 0) is 19.1 Å². The van der Waals surface area contributed by atoms with Gasteiger partial charge in [0.05, 0.1) is 4.92 Å². The molecule has 2 heterocycles. The number of nitro groups is 1. The lowest BCUT2D eigenvalue weighted by molar-refractivity contribution is -0.383. The number of aromatic nitrogens is 3. The van der Waals surface area contributed by atoms with E-state index in [1.807, 2.05) is 6.92 Å². The fourth-order valence-electron chi connectivity index (χ4n) is 1.51. The number of anilines is 3. The van der Waals surface area contributed by atoms with E-state index < -0.39 is 4.92 Å². The predicted molar refractivity (Wildman–Crippen MR) is 70.4 cm³/mol. The Morgan fingerprint density at radius 2 is 1.95 bits per heavy atom. The molecule has 0 amide bonds. The number of hydrogen-bond donors (Lipinski definition) is 2. The van der Waals surface area contributed by atoms with Crippen molar-refractivity contribution in [2.45, 2.75) is 6.92 Å². The van der Waals surface area contributed by atoms with Crippen LogP contribution in [0.2, 0.25) is 0 Å². The first-order chi connectivity index (χ1) is 9.22. The summed E-state index contributed by atoms with van der Waals surface area (Å²) < 4.78 is 0. The molecule has 0 saturated carbocycles. The predicted octanol–water partition coefficient (Wildman–Crippen LogP) is 1.96. The molecule has 0 aliphatic heterocycles. The van der Waals surface area contributed by atoms with Gasteiger partial charge in [-0.2, -0.15) is 0 Å². The van der Waals surface area contributed by atoms with E-state index in [0.29, 0.717) is 12.2 Å². The third-order valence-corrected chi connectivity index (χ3v) is 2.29. The first kappa shape index (κ1) is 12.7. The Morgan fingerprint density at radius 1 is 1.26 bits per heavy atom. The Balaban J connectivity index is 2.39. The summed E-state index contributed by atoms with van der Waals surface area (Å²) in [7, 11) is 0. The molecule has 0 aromatic carbocycles. The summed E-state index contributed by atoms with van der Waals surface area (Å²) in [5.74, 6) is 0.334. The van der Waals surface area contributed by atoms with Gasteiger partial charge in [0, 0.05) is 24.6 Å². The zero-order chi connectivity index (χ0) is 13.7. The maximum Gasteiger partial charge on any atom is 0.353 e. The highest BCUT2D eigenvalue weighted by atomic mass is 16.6. The largest absolute Gasteiger partial charge is 0.364 e. The van der Waals surface area contributed by atoms with E-state index >= 15 is 0 Å². The van der Waals surface area contributed by atoms with E-state index in [0.717, 1.165) is 0 Å². The molecule has 0 spiro atoms. The Labute approximate surface area is 109 Å². The molecule has 19 heavy (non-hydrogen) atoms. The molecule has 0 aliphatic carbocycles. The Kier molecular flexibility index (Phi) is 3.81. The van der Waals surface area contributed by atoms with E-state index in [9.17, 15) is 10.1 Å². The van der Waals surface area contributed by atoms with E-state index in [-0.39, 0.29) is 17.3 Å². The van der Waals surface area contributed by atoms with E-state index in [2.05, 4.69) is 25.6 Å². The molecule has 0 atom stereocenters. The number of hydrogen-bond acceptors (Lipinski definition) is 7. The van der Waals surface area contributed by atoms with Gasteiger partial charge >= 0.3 is 5.69 Å². The molecule has 98 valence electrons. The Hall–Kier alpha value is -2.77. The first-order valence-electron chi connectivity index (χ1n) is 5.62. The highest BCUT2D eigenvalue weighted by molar-refractivity contribution is 5.73. The fraction of sp³-hybridized carbons (Fsp3) is 0.182. The summed E-state index contributed by atoms with van der Waals surface area (Å²) in [6.07, 6.45) is 4.44. The average Bonchev–Trinajstić information content (AvgIpc) is 2.40. The van der Waals surface area contributed by atoms with Crippen molar-refractivity contribution in [1.82, 2.24) is 15.0 Å². The molecule has 0 unspecified atom stereocenters. The Bertz CT molecular complexity index is 575. The molecule has 0 saturated heterocycles. The van der Waals surface area contributed by atoms with Crippen molar-refractivity contribution in [2.24, 2.45) is 0 Å². The molecule has 8 nitrogen and oxygen atoms in total. The summed E-state index contributed by atoms with van der Waals surface area (Å²) in [5, 5.41) is 16.9. The fourth-order valence-corrected chi connectivity index (χ4v) is 1.51. The van der Waals surface area contributed by atoms with Crippen LogP contribution in [0.3, 0.4) is 0 Å². The van der Waals surface area contributed by atoms with E-state index in [1.54, 1.807) is 24.5 Å². The van der Waals surface area contributed by atoms with Crippen molar-refractivity contribution in [3.8, 4) is 0 Å². The van der Waals surface area contributed by atoms with Gasteiger partial charge in [-0.3, -0.25) is 15.1 Å². The third-order valence-electron chi connectivity index (χ3n) is 2.29. The van der Waals surface area contributed by atoms with Crippen LogP contribution in [0.4, 0.5) is 23.0 Å². The first-order valence-corrected chi connectivity index (χ1v) is 5.62. The van der Waals surface area contributed by atoms with Crippen LogP contribution in [-0.4, -0.2) is 26.4 Å². The topological polar surface area (TPSA) is 106 Å². The second-order valence-corrected chi connectivity index (χ2v) is 3.57. The third kappa shape index (κ3) is 2.92.